The molecule has 0 aromatic carbocycles. The van der Waals surface area contributed by atoms with Gasteiger partial charge < -0.3 is 10.2 Å². The Balaban J connectivity index is 3.45. The van der Waals surface area contributed by atoms with Crippen molar-refractivity contribution < 1.29 is 10.2 Å². The lowest BCUT2D eigenvalue weighted by molar-refractivity contribution is 0.0572. The van der Waals surface area contributed by atoms with Crippen LogP contribution >= 0.6 is 11.8 Å². The molecular formula is C9H20O2S. The number of aliphatic hydroxyl groups is 2. The van der Waals surface area contributed by atoms with Crippen LogP contribution in [0.5, 0.6) is 0 Å². The summed E-state index contributed by atoms with van der Waals surface area (Å²) in [5.41, 5.74) is -0.486. The molecule has 0 saturated carbocycles. The average Bonchev–Trinajstić information content (AvgIpc) is 2.12. The number of aliphatic hydroxyl groups excluding tert-OH is 1. The van der Waals surface area contributed by atoms with Crippen molar-refractivity contribution in [1.29, 1.82) is 0 Å². The molecule has 2 nitrogen and oxygen atoms in total. The van der Waals surface area contributed by atoms with Gasteiger partial charge in [-0.25, -0.2) is 0 Å². The SMILES string of the molecule is CCC(O)(CC)CSCCCO. The maximum atomic E-state index is 9.84. The van der Waals surface area contributed by atoms with Gasteiger partial charge >= 0.3 is 0 Å². The molecule has 0 unspecified atom stereocenters. The fraction of sp³-hybridized carbons (Fsp3) is 1.00. The molecule has 0 heterocycles. The molecule has 0 fully saturated rings. The molecule has 0 bridgehead atoms. The standard InChI is InChI=1S/C9H20O2S/c1-3-9(11,4-2)8-12-7-5-6-10/h10-11H,3-8H2,1-2H3. The van der Waals surface area contributed by atoms with Gasteiger partial charge in [0.15, 0.2) is 0 Å². The summed E-state index contributed by atoms with van der Waals surface area (Å²) >= 11 is 1.72. The van der Waals surface area contributed by atoms with Gasteiger partial charge in [-0.1, -0.05) is 13.8 Å². The molecule has 0 atom stereocenters. The normalized spacial score (nSPS) is 12.0. The van der Waals surface area contributed by atoms with E-state index in [1.807, 2.05) is 13.8 Å². The molecule has 0 aromatic heterocycles. The summed E-state index contributed by atoms with van der Waals surface area (Å²) in [6.07, 6.45) is 2.46. The van der Waals surface area contributed by atoms with Crippen molar-refractivity contribution in [3.63, 3.8) is 0 Å². The Morgan fingerprint density at radius 1 is 1.25 bits per heavy atom. The Bertz CT molecular complexity index is 103. The number of thioether (sulfide) groups is 1. The predicted octanol–water partition coefficient (Wildman–Crippen LogP) is 1.65. The van der Waals surface area contributed by atoms with Gasteiger partial charge in [0, 0.05) is 12.4 Å². The van der Waals surface area contributed by atoms with E-state index in [4.69, 9.17) is 5.11 Å². The Morgan fingerprint density at radius 2 is 1.83 bits per heavy atom. The van der Waals surface area contributed by atoms with Crippen molar-refractivity contribution in [3.05, 3.63) is 0 Å². The third kappa shape index (κ3) is 5.01. The third-order valence-electron chi connectivity index (χ3n) is 2.13. The highest BCUT2D eigenvalue weighted by Crippen LogP contribution is 2.20. The molecular weight excluding hydrogens is 172 g/mol. The smallest absolute Gasteiger partial charge is 0.0732 e. The summed E-state index contributed by atoms with van der Waals surface area (Å²) in [6.45, 7) is 4.27. The summed E-state index contributed by atoms with van der Waals surface area (Å²) in [4.78, 5) is 0. The first kappa shape index (κ1) is 12.3. The molecule has 0 aliphatic rings. The van der Waals surface area contributed by atoms with Gasteiger partial charge in [0.1, 0.15) is 0 Å². The molecule has 3 heteroatoms. The first-order chi connectivity index (χ1) is 5.68. The van der Waals surface area contributed by atoms with Crippen LogP contribution in [-0.4, -0.2) is 33.9 Å². The first-order valence-corrected chi connectivity index (χ1v) is 5.75. The van der Waals surface area contributed by atoms with E-state index in [1.165, 1.54) is 0 Å². The maximum Gasteiger partial charge on any atom is 0.0732 e. The molecule has 0 radical (unpaired) electrons. The second-order valence-electron chi connectivity index (χ2n) is 3.06. The van der Waals surface area contributed by atoms with Crippen LogP contribution in [-0.2, 0) is 0 Å². The van der Waals surface area contributed by atoms with Gasteiger partial charge in [-0.15, -0.1) is 0 Å². The third-order valence-corrected chi connectivity index (χ3v) is 3.45. The van der Waals surface area contributed by atoms with E-state index in [1.54, 1.807) is 11.8 Å². The fourth-order valence-electron chi connectivity index (χ4n) is 0.883. The van der Waals surface area contributed by atoms with Gasteiger partial charge in [-0.3, -0.25) is 0 Å². The molecule has 0 amide bonds. The Morgan fingerprint density at radius 3 is 2.25 bits per heavy atom. The molecule has 0 aromatic rings. The van der Waals surface area contributed by atoms with Crippen LogP contribution < -0.4 is 0 Å². The van der Waals surface area contributed by atoms with Gasteiger partial charge in [-0.05, 0) is 25.0 Å². The largest absolute Gasteiger partial charge is 0.396 e. The second-order valence-corrected chi connectivity index (χ2v) is 4.17. The maximum absolute atomic E-state index is 9.84. The van der Waals surface area contributed by atoms with Crippen LogP contribution in [0.2, 0.25) is 0 Å². The molecule has 0 saturated heterocycles. The van der Waals surface area contributed by atoms with E-state index >= 15 is 0 Å². The molecule has 0 spiro atoms. The highest BCUT2D eigenvalue weighted by Gasteiger charge is 2.21. The van der Waals surface area contributed by atoms with Crippen molar-refractivity contribution in [3.8, 4) is 0 Å². The quantitative estimate of drug-likeness (QED) is 0.603. The molecule has 12 heavy (non-hydrogen) atoms. The molecule has 2 N–H and O–H groups in total. The van der Waals surface area contributed by atoms with Crippen molar-refractivity contribution in [1.82, 2.24) is 0 Å². The zero-order valence-corrected chi connectivity index (χ0v) is 8.86. The van der Waals surface area contributed by atoms with Crippen LogP contribution in [0.25, 0.3) is 0 Å². The van der Waals surface area contributed by atoms with Crippen molar-refractivity contribution in [2.24, 2.45) is 0 Å². The summed E-state index contributed by atoms with van der Waals surface area (Å²) in [7, 11) is 0. The summed E-state index contributed by atoms with van der Waals surface area (Å²) in [5.74, 6) is 1.73. The second kappa shape index (κ2) is 6.75. The average molecular weight is 192 g/mol. The lowest BCUT2D eigenvalue weighted by Crippen LogP contribution is -2.29. The van der Waals surface area contributed by atoms with Gasteiger partial charge in [0.05, 0.1) is 5.60 Å². The molecule has 74 valence electrons. The van der Waals surface area contributed by atoms with E-state index in [0.29, 0.717) is 0 Å². The Hall–Kier alpha value is 0.270. The van der Waals surface area contributed by atoms with Crippen molar-refractivity contribution in [2.45, 2.75) is 38.7 Å². The minimum absolute atomic E-state index is 0.254. The lowest BCUT2D eigenvalue weighted by atomic mass is 10.0. The number of rotatable bonds is 7. The van der Waals surface area contributed by atoms with Crippen LogP contribution in [0.1, 0.15) is 33.1 Å². The van der Waals surface area contributed by atoms with Gasteiger partial charge in [0.25, 0.3) is 0 Å². The lowest BCUT2D eigenvalue weighted by Gasteiger charge is -2.24. The summed E-state index contributed by atoms with van der Waals surface area (Å²) in [5, 5.41) is 18.4. The molecule has 0 rings (SSSR count). The van der Waals surface area contributed by atoms with Crippen LogP contribution in [0.3, 0.4) is 0 Å². The summed E-state index contributed by atoms with van der Waals surface area (Å²) < 4.78 is 0. The minimum atomic E-state index is -0.486. The number of hydrogen-bond donors (Lipinski definition) is 2. The predicted molar refractivity (Wildman–Crippen MR) is 54.6 cm³/mol. The van der Waals surface area contributed by atoms with E-state index in [-0.39, 0.29) is 6.61 Å². The Kier molecular flexibility index (Phi) is 6.90. The van der Waals surface area contributed by atoms with Crippen LogP contribution in [0.4, 0.5) is 0 Å². The van der Waals surface area contributed by atoms with Crippen LogP contribution in [0, 0.1) is 0 Å². The monoisotopic (exact) mass is 192 g/mol. The highest BCUT2D eigenvalue weighted by atomic mass is 32.2. The first-order valence-electron chi connectivity index (χ1n) is 4.59. The number of hydrogen-bond acceptors (Lipinski definition) is 3. The molecule has 0 aliphatic carbocycles. The summed E-state index contributed by atoms with van der Waals surface area (Å²) in [6, 6.07) is 0. The minimum Gasteiger partial charge on any atom is -0.396 e. The Labute approximate surface area is 79.4 Å². The topological polar surface area (TPSA) is 40.5 Å². The van der Waals surface area contributed by atoms with Crippen molar-refractivity contribution in [2.75, 3.05) is 18.1 Å². The van der Waals surface area contributed by atoms with Gasteiger partial charge in [0.2, 0.25) is 0 Å². The van der Waals surface area contributed by atoms with Crippen molar-refractivity contribution >= 4 is 11.8 Å². The fourth-order valence-corrected chi connectivity index (χ4v) is 2.15. The van der Waals surface area contributed by atoms with E-state index in [2.05, 4.69) is 0 Å². The van der Waals surface area contributed by atoms with E-state index < -0.39 is 5.60 Å². The molecule has 0 aliphatic heterocycles. The van der Waals surface area contributed by atoms with Crippen LogP contribution in [0.15, 0.2) is 0 Å². The van der Waals surface area contributed by atoms with E-state index in [9.17, 15) is 5.11 Å². The van der Waals surface area contributed by atoms with Gasteiger partial charge in [-0.2, -0.15) is 11.8 Å². The van der Waals surface area contributed by atoms with E-state index in [0.717, 1.165) is 30.8 Å². The zero-order chi connectivity index (χ0) is 9.45. The highest BCUT2D eigenvalue weighted by molar-refractivity contribution is 7.99. The zero-order valence-electron chi connectivity index (χ0n) is 8.05.